The molecule has 118 valence electrons. The van der Waals surface area contributed by atoms with Gasteiger partial charge in [-0.2, -0.15) is 0 Å². The minimum absolute atomic E-state index is 0.0526. The van der Waals surface area contributed by atoms with Gasteiger partial charge in [-0.1, -0.05) is 41.6 Å². The summed E-state index contributed by atoms with van der Waals surface area (Å²) in [5.74, 6) is -0.0526. The summed E-state index contributed by atoms with van der Waals surface area (Å²) in [4.78, 5) is 12.2. The fourth-order valence-corrected chi connectivity index (χ4v) is 3.03. The summed E-state index contributed by atoms with van der Waals surface area (Å²) in [7, 11) is 0. The third-order valence-electron chi connectivity index (χ3n) is 3.16. The number of carbonyl (C=O) groups excluding carboxylic acids is 1. The smallest absolute Gasteiger partial charge is 0.233 e. The van der Waals surface area contributed by atoms with Crippen LogP contribution in [-0.2, 0) is 11.3 Å². The summed E-state index contributed by atoms with van der Waals surface area (Å²) in [5.41, 5.74) is 0.903. The standard InChI is InChI=1S/C15H19ClN4OS/c1-10(2)20-9-18-19-15(20)22-11(3)14(21)17-8-12-6-4-5-7-13(12)16/h4-7,9-11H,8H2,1-3H3,(H,17,21). The second-order valence-electron chi connectivity index (χ2n) is 5.18. The normalized spacial score (nSPS) is 12.4. The first-order valence-electron chi connectivity index (χ1n) is 7.06. The first kappa shape index (κ1) is 16.8. The molecule has 7 heteroatoms. The van der Waals surface area contributed by atoms with Gasteiger partial charge >= 0.3 is 0 Å². The minimum Gasteiger partial charge on any atom is -0.351 e. The van der Waals surface area contributed by atoms with Gasteiger partial charge in [-0.3, -0.25) is 4.79 Å². The third kappa shape index (κ3) is 4.24. The Bertz CT molecular complexity index is 644. The molecular formula is C15H19ClN4OS. The Kier molecular flexibility index (Phi) is 5.85. The molecule has 1 N–H and O–H groups in total. The van der Waals surface area contributed by atoms with E-state index in [4.69, 9.17) is 11.6 Å². The topological polar surface area (TPSA) is 59.8 Å². The number of nitrogens with one attached hydrogen (secondary N) is 1. The van der Waals surface area contributed by atoms with Gasteiger partial charge in [-0.25, -0.2) is 0 Å². The predicted octanol–water partition coefficient (Wildman–Crippen LogP) is 3.31. The predicted molar refractivity (Wildman–Crippen MR) is 89.0 cm³/mol. The van der Waals surface area contributed by atoms with Crippen LogP contribution in [0.5, 0.6) is 0 Å². The molecule has 1 atom stereocenters. The van der Waals surface area contributed by atoms with Crippen molar-refractivity contribution in [1.82, 2.24) is 20.1 Å². The van der Waals surface area contributed by atoms with Crippen molar-refractivity contribution in [2.24, 2.45) is 0 Å². The van der Waals surface area contributed by atoms with Crippen LogP contribution >= 0.6 is 23.4 Å². The van der Waals surface area contributed by atoms with Gasteiger partial charge in [0.2, 0.25) is 5.91 Å². The first-order chi connectivity index (χ1) is 10.5. The van der Waals surface area contributed by atoms with E-state index in [-0.39, 0.29) is 17.2 Å². The van der Waals surface area contributed by atoms with Crippen LogP contribution in [0.25, 0.3) is 0 Å². The zero-order valence-corrected chi connectivity index (χ0v) is 14.4. The highest BCUT2D eigenvalue weighted by Gasteiger charge is 2.18. The lowest BCUT2D eigenvalue weighted by Crippen LogP contribution is -2.30. The van der Waals surface area contributed by atoms with Crippen molar-refractivity contribution in [3.63, 3.8) is 0 Å². The van der Waals surface area contributed by atoms with Crippen LogP contribution in [0.4, 0.5) is 0 Å². The van der Waals surface area contributed by atoms with E-state index < -0.39 is 0 Å². The van der Waals surface area contributed by atoms with E-state index in [2.05, 4.69) is 29.4 Å². The van der Waals surface area contributed by atoms with Crippen molar-refractivity contribution in [3.05, 3.63) is 41.2 Å². The summed E-state index contributed by atoms with van der Waals surface area (Å²) >= 11 is 7.48. The average molecular weight is 339 g/mol. The molecule has 5 nitrogen and oxygen atoms in total. The van der Waals surface area contributed by atoms with Gasteiger partial charge in [-0.05, 0) is 32.4 Å². The van der Waals surface area contributed by atoms with Crippen LogP contribution in [0.2, 0.25) is 5.02 Å². The summed E-state index contributed by atoms with van der Waals surface area (Å²) in [5, 5.41) is 12.0. The number of nitrogens with zero attached hydrogens (tertiary/aromatic N) is 3. The minimum atomic E-state index is -0.260. The highest BCUT2D eigenvalue weighted by molar-refractivity contribution is 8.00. The van der Waals surface area contributed by atoms with Gasteiger partial charge in [0.05, 0.1) is 5.25 Å². The van der Waals surface area contributed by atoms with Crippen LogP contribution in [0.1, 0.15) is 32.4 Å². The number of thioether (sulfide) groups is 1. The van der Waals surface area contributed by atoms with E-state index in [9.17, 15) is 4.79 Å². The lowest BCUT2D eigenvalue weighted by atomic mass is 10.2. The molecule has 0 aliphatic carbocycles. The van der Waals surface area contributed by atoms with Crippen LogP contribution < -0.4 is 5.32 Å². The molecule has 0 spiro atoms. The van der Waals surface area contributed by atoms with Gasteiger partial charge < -0.3 is 9.88 Å². The van der Waals surface area contributed by atoms with Gasteiger partial charge in [0.1, 0.15) is 6.33 Å². The van der Waals surface area contributed by atoms with E-state index in [1.807, 2.05) is 35.8 Å². The molecule has 2 rings (SSSR count). The fourth-order valence-electron chi connectivity index (χ4n) is 1.85. The van der Waals surface area contributed by atoms with E-state index >= 15 is 0 Å². The lowest BCUT2D eigenvalue weighted by Gasteiger charge is -2.14. The van der Waals surface area contributed by atoms with Crippen molar-refractivity contribution in [1.29, 1.82) is 0 Å². The van der Waals surface area contributed by atoms with E-state index in [0.29, 0.717) is 11.6 Å². The van der Waals surface area contributed by atoms with Crippen LogP contribution in [0.15, 0.2) is 35.7 Å². The number of carbonyl (C=O) groups is 1. The Hall–Kier alpha value is -1.53. The highest BCUT2D eigenvalue weighted by atomic mass is 35.5. The van der Waals surface area contributed by atoms with Gasteiger partial charge in [0.25, 0.3) is 0 Å². The number of halogens is 1. The van der Waals surface area contributed by atoms with Gasteiger partial charge in [0.15, 0.2) is 5.16 Å². The molecule has 0 fully saturated rings. The Balaban J connectivity index is 1.92. The maximum atomic E-state index is 12.2. The van der Waals surface area contributed by atoms with E-state index in [1.54, 1.807) is 6.33 Å². The first-order valence-corrected chi connectivity index (χ1v) is 8.32. The maximum Gasteiger partial charge on any atom is 0.233 e. The molecule has 0 saturated carbocycles. The van der Waals surface area contributed by atoms with Crippen molar-refractivity contribution < 1.29 is 4.79 Å². The zero-order valence-electron chi connectivity index (χ0n) is 12.8. The number of amides is 1. The molecule has 0 saturated heterocycles. The average Bonchev–Trinajstić information content (AvgIpc) is 2.94. The number of rotatable bonds is 6. The zero-order chi connectivity index (χ0) is 16.1. The number of benzene rings is 1. The van der Waals surface area contributed by atoms with Crippen LogP contribution in [-0.4, -0.2) is 25.9 Å². The Morgan fingerprint density at radius 1 is 1.36 bits per heavy atom. The molecule has 1 aromatic carbocycles. The fraction of sp³-hybridized carbons (Fsp3) is 0.400. The second kappa shape index (κ2) is 7.65. The monoisotopic (exact) mass is 338 g/mol. The number of hydrogen-bond acceptors (Lipinski definition) is 4. The maximum absolute atomic E-state index is 12.2. The van der Waals surface area contributed by atoms with E-state index in [1.165, 1.54) is 11.8 Å². The summed E-state index contributed by atoms with van der Waals surface area (Å²) in [6.07, 6.45) is 1.68. The van der Waals surface area contributed by atoms with Crippen molar-refractivity contribution in [2.45, 2.75) is 43.8 Å². The number of hydrogen-bond donors (Lipinski definition) is 1. The molecular weight excluding hydrogens is 320 g/mol. The SMILES string of the molecule is CC(Sc1nncn1C(C)C)C(=O)NCc1ccccc1Cl. The molecule has 22 heavy (non-hydrogen) atoms. The number of aromatic nitrogens is 3. The van der Waals surface area contributed by atoms with Gasteiger partial charge in [-0.15, -0.1) is 10.2 Å². The molecule has 0 aliphatic heterocycles. The molecule has 0 radical (unpaired) electrons. The van der Waals surface area contributed by atoms with E-state index in [0.717, 1.165) is 10.7 Å². The molecule has 1 amide bonds. The molecule has 0 aliphatic rings. The Morgan fingerprint density at radius 2 is 2.09 bits per heavy atom. The third-order valence-corrected chi connectivity index (χ3v) is 4.60. The van der Waals surface area contributed by atoms with Gasteiger partial charge in [0, 0.05) is 17.6 Å². The van der Waals surface area contributed by atoms with Crippen LogP contribution in [0.3, 0.4) is 0 Å². The molecule has 1 heterocycles. The summed E-state index contributed by atoms with van der Waals surface area (Å²) < 4.78 is 1.95. The summed E-state index contributed by atoms with van der Waals surface area (Å²) in [6.45, 7) is 6.37. The Labute approximate surface area is 139 Å². The molecule has 0 bridgehead atoms. The molecule has 1 aromatic heterocycles. The highest BCUT2D eigenvalue weighted by Crippen LogP contribution is 2.23. The molecule has 2 aromatic rings. The van der Waals surface area contributed by atoms with Crippen molar-refractivity contribution in [3.8, 4) is 0 Å². The van der Waals surface area contributed by atoms with Crippen molar-refractivity contribution >= 4 is 29.3 Å². The second-order valence-corrected chi connectivity index (χ2v) is 6.90. The lowest BCUT2D eigenvalue weighted by molar-refractivity contribution is -0.120. The molecule has 1 unspecified atom stereocenters. The van der Waals surface area contributed by atoms with Crippen molar-refractivity contribution in [2.75, 3.05) is 0 Å². The Morgan fingerprint density at radius 3 is 2.77 bits per heavy atom. The quantitative estimate of drug-likeness (QED) is 0.821. The largest absolute Gasteiger partial charge is 0.351 e. The summed E-state index contributed by atoms with van der Waals surface area (Å²) in [6, 6.07) is 7.74. The van der Waals surface area contributed by atoms with Crippen LogP contribution in [0, 0.1) is 0 Å².